The highest BCUT2D eigenvalue weighted by Crippen LogP contribution is 2.30. The summed E-state index contributed by atoms with van der Waals surface area (Å²) in [5.74, 6) is -0.965. The molecule has 0 aromatic heterocycles. The Labute approximate surface area is 123 Å². The van der Waals surface area contributed by atoms with Crippen LogP contribution < -0.4 is 15.2 Å². The Morgan fingerprint density at radius 2 is 2.10 bits per heavy atom. The second-order valence-electron chi connectivity index (χ2n) is 4.89. The number of ether oxygens (including phenoxy) is 2. The lowest BCUT2D eigenvalue weighted by molar-refractivity contribution is -0.00476. The fourth-order valence-electron chi connectivity index (χ4n) is 2.28. The molecule has 21 heavy (non-hydrogen) atoms. The van der Waals surface area contributed by atoms with E-state index in [0.29, 0.717) is 19.4 Å². The van der Waals surface area contributed by atoms with E-state index in [1.165, 1.54) is 13.2 Å². The normalized spacial score (nSPS) is 21.9. The van der Waals surface area contributed by atoms with E-state index in [1.54, 1.807) is 0 Å². The van der Waals surface area contributed by atoms with Gasteiger partial charge in [-0.1, -0.05) is 0 Å². The number of methoxy groups -OCH3 is 1. The van der Waals surface area contributed by atoms with Crippen molar-refractivity contribution in [1.82, 2.24) is 4.72 Å². The van der Waals surface area contributed by atoms with E-state index in [1.807, 2.05) is 6.92 Å². The molecular formula is C13H19FN2O4S. The third kappa shape index (κ3) is 3.45. The van der Waals surface area contributed by atoms with Gasteiger partial charge in [0.15, 0.2) is 11.6 Å². The zero-order valence-electron chi connectivity index (χ0n) is 11.9. The fraction of sp³-hybridized carbons (Fsp3) is 0.538. The standard InChI is InChI=1S/C13H19FN2O4S/c1-3-20-9-4-8(5-9)16-21(17,18)10-6-11(14)13(19-2)12(15)7-10/h6-9,16H,3-5,15H2,1-2H3. The molecule has 1 saturated carbocycles. The number of rotatable bonds is 6. The highest BCUT2D eigenvalue weighted by Gasteiger charge is 2.33. The van der Waals surface area contributed by atoms with Crippen LogP contribution in [0.5, 0.6) is 5.75 Å². The predicted octanol–water partition coefficient (Wildman–Crippen LogP) is 1.26. The molecule has 3 N–H and O–H groups in total. The van der Waals surface area contributed by atoms with Gasteiger partial charge in [0.25, 0.3) is 0 Å². The smallest absolute Gasteiger partial charge is 0.241 e. The first kappa shape index (κ1) is 16.0. The van der Waals surface area contributed by atoms with Gasteiger partial charge in [-0.15, -0.1) is 0 Å². The van der Waals surface area contributed by atoms with E-state index in [4.69, 9.17) is 15.2 Å². The van der Waals surface area contributed by atoms with Gasteiger partial charge in [-0.05, 0) is 31.9 Å². The number of anilines is 1. The molecule has 2 rings (SSSR count). The highest BCUT2D eigenvalue weighted by atomic mass is 32.2. The molecule has 0 radical (unpaired) electrons. The number of nitrogens with one attached hydrogen (secondary N) is 1. The first-order chi connectivity index (χ1) is 9.87. The minimum Gasteiger partial charge on any atom is -0.492 e. The zero-order chi connectivity index (χ0) is 15.6. The largest absolute Gasteiger partial charge is 0.492 e. The SMILES string of the molecule is CCOC1CC(NS(=O)(=O)c2cc(N)c(OC)c(F)c2)C1. The minimum atomic E-state index is -3.81. The molecule has 0 spiro atoms. The van der Waals surface area contributed by atoms with E-state index in [9.17, 15) is 12.8 Å². The van der Waals surface area contributed by atoms with Gasteiger partial charge in [0.2, 0.25) is 10.0 Å². The molecule has 1 aliphatic rings. The first-order valence-corrected chi connectivity index (χ1v) is 8.12. The van der Waals surface area contributed by atoms with E-state index in [-0.39, 0.29) is 28.5 Å². The lowest BCUT2D eigenvalue weighted by atomic mass is 9.90. The number of benzene rings is 1. The second kappa shape index (κ2) is 6.17. The van der Waals surface area contributed by atoms with Crippen LogP contribution in [0, 0.1) is 5.82 Å². The van der Waals surface area contributed by atoms with Gasteiger partial charge in [-0.3, -0.25) is 0 Å². The summed E-state index contributed by atoms with van der Waals surface area (Å²) in [5.41, 5.74) is 5.53. The molecule has 118 valence electrons. The monoisotopic (exact) mass is 318 g/mol. The van der Waals surface area contributed by atoms with Crippen molar-refractivity contribution in [3.8, 4) is 5.75 Å². The summed E-state index contributed by atoms with van der Waals surface area (Å²) < 4.78 is 50.7. The van der Waals surface area contributed by atoms with Gasteiger partial charge < -0.3 is 15.2 Å². The van der Waals surface area contributed by atoms with Crippen LogP contribution in [0.2, 0.25) is 0 Å². The molecule has 1 aliphatic carbocycles. The molecule has 0 saturated heterocycles. The third-order valence-electron chi connectivity index (χ3n) is 3.38. The number of hydrogen-bond donors (Lipinski definition) is 2. The molecule has 1 aromatic carbocycles. The Hall–Kier alpha value is -1.38. The number of nitrogen functional groups attached to an aromatic ring is 1. The molecule has 0 amide bonds. The van der Waals surface area contributed by atoms with Crippen LogP contribution >= 0.6 is 0 Å². The van der Waals surface area contributed by atoms with Crippen LogP contribution in [-0.4, -0.2) is 34.3 Å². The van der Waals surface area contributed by atoms with Crippen molar-refractivity contribution in [1.29, 1.82) is 0 Å². The molecule has 6 nitrogen and oxygen atoms in total. The van der Waals surface area contributed by atoms with Crippen molar-refractivity contribution in [2.75, 3.05) is 19.5 Å². The van der Waals surface area contributed by atoms with Gasteiger partial charge in [-0.25, -0.2) is 17.5 Å². The van der Waals surface area contributed by atoms with Crippen LogP contribution in [-0.2, 0) is 14.8 Å². The maximum absolute atomic E-state index is 13.7. The van der Waals surface area contributed by atoms with E-state index in [2.05, 4.69) is 4.72 Å². The summed E-state index contributed by atoms with van der Waals surface area (Å²) in [7, 11) is -2.54. The van der Waals surface area contributed by atoms with Crippen molar-refractivity contribution in [2.45, 2.75) is 36.8 Å². The van der Waals surface area contributed by atoms with Crippen molar-refractivity contribution in [2.24, 2.45) is 0 Å². The van der Waals surface area contributed by atoms with E-state index in [0.717, 1.165) is 6.07 Å². The van der Waals surface area contributed by atoms with Crippen molar-refractivity contribution < 1.29 is 22.3 Å². The molecule has 0 bridgehead atoms. The zero-order valence-corrected chi connectivity index (χ0v) is 12.7. The van der Waals surface area contributed by atoms with Crippen LogP contribution in [0.3, 0.4) is 0 Å². The molecule has 0 heterocycles. The summed E-state index contributed by atoms with van der Waals surface area (Å²) in [6.07, 6.45) is 1.31. The Kier molecular flexibility index (Phi) is 4.70. The van der Waals surface area contributed by atoms with Gasteiger partial charge in [0, 0.05) is 12.6 Å². The molecule has 0 aliphatic heterocycles. The van der Waals surface area contributed by atoms with Crippen LogP contribution in [0.1, 0.15) is 19.8 Å². The summed E-state index contributed by atoms with van der Waals surface area (Å²) in [6.45, 7) is 2.49. The molecule has 1 fully saturated rings. The molecule has 0 unspecified atom stereocenters. The molecule has 1 aromatic rings. The summed E-state index contributed by atoms with van der Waals surface area (Å²) >= 11 is 0. The van der Waals surface area contributed by atoms with Gasteiger partial charge in [-0.2, -0.15) is 0 Å². The van der Waals surface area contributed by atoms with Crippen LogP contribution in [0.4, 0.5) is 10.1 Å². The second-order valence-corrected chi connectivity index (χ2v) is 6.61. The van der Waals surface area contributed by atoms with Gasteiger partial charge in [0.05, 0.1) is 23.8 Å². The summed E-state index contributed by atoms with van der Waals surface area (Å²) in [4.78, 5) is -0.210. The van der Waals surface area contributed by atoms with Crippen molar-refractivity contribution in [3.05, 3.63) is 17.9 Å². The topological polar surface area (TPSA) is 90.7 Å². The Morgan fingerprint density at radius 1 is 1.43 bits per heavy atom. The number of hydrogen-bond acceptors (Lipinski definition) is 5. The lowest BCUT2D eigenvalue weighted by Crippen LogP contribution is -2.47. The van der Waals surface area contributed by atoms with E-state index < -0.39 is 15.8 Å². The molecule has 0 atom stereocenters. The minimum absolute atomic E-state index is 0.0568. The maximum Gasteiger partial charge on any atom is 0.241 e. The third-order valence-corrected chi connectivity index (χ3v) is 4.88. The number of sulfonamides is 1. The Bertz CT molecular complexity index is 592. The maximum atomic E-state index is 13.7. The van der Waals surface area contributed by atoms with E-state index >= 15 is 0 Å². The average molecular weight is 318 g/mol. The van der Waals surface area contributed by atoms with Crippen LogP contribution in [0.15, 0.2) is 17.0 Å². The van der Waals surface area contributed by atoms with Gasteiger partial charge >= 0.3 is 0 Å². The molecule has 8 heteroatoms. The van der Waals surface area contributed by atoms with Crippen molar-refractivity contribution in [3.63, 3.8) is 0 Å². The Morgan fingerprint density at radius 3 is 2.62 bits per heavy atom. The Balaban J connectivity index is 2.10. The lowest BCUT2D eigenvalue weighted by Gasteiger charge is -2.35. The fourth-order valence-corrected chi connectivity index (χ4v) is 3.59. The number of nitrogens with two attached hydrogens (primary N) is 1. The predicted molar refractivity (Wildman–Crippen MR) is 76.1 cm³/mol. The number of halogens is 1. The summed E-state index contributed by atoms with van der Waals surface area (Å²) in [6, 6.07) is 1.89. The quantitative estimate of drug-likeness (QED) is 0.771. The van der Waals surface area contributed by atoms with Crippen LogP contribution in [0.25, 0.3) is 0 Å². The first-order valence-electron chi connectivity index (χ1n) is 6.64. The van der Waals surface area contributed by atoms with Crippen molar-refractivity contribution >= 4 is 15.7 Å². The average Bonchev–Trinajstić information content (AvgIpc) is 2.35. The van der Waals surface area contributed by atoms with Gasteiger partial charge in [0.1, 0.15) is 0 Å². The summed E-state index contributed by atoms with van der Waals surface area (Å²) in [5, 5.41) is 0. The molecular weight excluding hydrogens is 299 g/mol. The highest BCUT2D eigenvalue weighted by molar-refractivity contribution is 7.89.